The molecule has 2 aromatic heterocycles. The minimum absolute atomic E-state index is 0.121. The fraction of sp³-hybridized carbons (Fsp3) is 0.412. The summed E-state index contributed by atoms with van der Waals surface area (Å²) in [6.07, 6.45) is 2.74. The van der Waals surface area contributed by atoms with Gasteiger partial charge in [-0.3, -0.25) is 4.90 Å². The number of nitrogens with zero attached hydrogens (tertiary/aromatic N) is 6. The van der Waals surface area contributed by atoms with Crippen molar-refractivity contribution in [2.45, 2.75) is 25.1 Å². The Kier molecular flexibility index (Phi) is 4.29. The summed E-state index contributed by atoms with van der Waals surface area (Å²) >= 11 is 0. The van der Waals surface area contributed by atoms with Crippen LogP contribution in [0.1, 0.15) is 24.1 Å². The van der Waals surface area contributed by atoms with Crippen LogP contribution in [0.5, 0.6) is 0 Å². The molecule has 1 aromatic carbocycles. The van der Waals surface area contributed by atoms with E-state index < -0.39 is 0 Å². The van der Waals surface area contributed by atoms with Gasteiger partial charge in [0, 0.05) is 26.3 Å². The molecular weight excluding hydrogens is 320 g/mol. The van der Waals surface area contributed by atoms with Crippen LogP contribution in [0, 0.1) is 0 Å². The van der Waals surface area contributed by atoms with E-state index in [1.54, 1.807) is 13.4 Å². The largest absolute Gasteiger partial charge is 0.380 e. The van der Waals surface area contributed by atoms with Crippen LogP contribution < -0.4 is 0 Å². The minimum Gasteiger partial charge on any atom is -0.380 e. The van der Waals surface area contributed by atoms with Crippen LogP contribution >= 0.6 is 0 Å². The highest BCUT2D eigenvalue weighted by Gasteiger charge is 2.36. The Labute approximate surface area is 145 Å². The summed E-state index contributed by atoms with van der Waals surface area (Å²) in [7, 11) is 3.69. The molecule has 8 nitrogen and oxygen atoms in total. The van der Waals surface area contributed by atoms with E-state index in [2.05, 4.69) is 25.2 Å². The predicted molar refractivity (Wildman–Crippen MR) is 89.3 cm³/mol. The van der Waals surface area contributed by atoms with E-state index in [0.717, 1.165) is 24.4 Å². The zero-order chi connectivity index (χ0) is 17.2. The summed E-state index contributed by atoms with van der Waals surface area (Å²) in [6, 6.07) is 9.89. The molecule has 8 heteroatoms. The summed E-state index contributed by atoms with van der Waals surface area (Å²) in [6.45, 7) is 1.37. The number of aromatic nitrogens is 5. The fourth-order valence-electron chi connectivity index (χ4n) is 3.27. The van der Waals surface area contributed by atoms with Crippen molar-refractivity contribution < 1.29 is 9.26 Å². The maximum Gasteiger partial charge on any atom is 0.257 e. The van der Waals surface area contributed by atoms with Gasteiger partial charge in [-0.15, -0.1) is 10.2 Å². The maximum absolute atomic E-state index is 5.56. The zero-order valence-electron chi connectivity index (χ0n) is 14.2. The number of likely N-dealkylation sites (tertiary alicyclic amines) is 1. The molecule has 1 aliphatic heterocycles. The van der Waals surface area contributed by atoms with Crippen molar-refractivity contribution in [3.63, 3.8) is 0 Å². The molecule has 3 aromatic rings. The number of aryl methyl sites for hydroxylation is 1. The molecule has 0 amide bonds. The Hall–Kier alpha value is -2.58. The number of benzene rings is 1. The molecule has 1 saturated heterocycles. The SMILES string of the molecule is CO[C@@H]1C[C@@H](c2nncn2C)N(Cc2noc(-c3ccccc3)n2)C1. The van der Waals surface area contributed by atoms with Crippen molar-refractivity contribution >= 4 is 0 Å². The Bertz CT molecular complexity index is 831. The molecule has 1 aliphatic rings. The van der Waals surface area contributed by atoms with Gasteiger partial charge in [0.2, 0.25) is 0 Å². The highest BCUT2D eigenvalue weighted by atomic mass is 16.5. The molecule has 1 fully saturated rings. The number of hydrogen-bond donors (Lipinski definition) is 0. The normalized spacial score (nSPS) is 21.0. The van der Waals surface area contributed by atoms with Crippen LogP contribution in [-0.4, -0.2) is 49.6 Å². The van der Waals surface area contributed by atoms with Crippen molar-refractivity contribution in [2.24, 2.45) is 7.05 Å². The summed E-state index contributed by atoms with van der Waals surface area (Å²) in [5.74, 6) is 2.11. The Morgan fingerprint density at radius 3 is 2.84 bits per heavy atom. The van der Waals surface area contributed by atoms with E-state index in [4.69, 9.17) is 9.26 Å². The molecule has 0 spiro atoms. The molecule has 0 saturated carbocycles. The first kappa shape index (κ1) is 15.9. The maximum atomic E-state index is 5.56. The molecule has 0 N–H and O–H groups in total. The molecule has 0 aliphatic carbocycles. The Balaban J connectivity index is 1.54. The average molecular weight is 340 g/mol. The molecule has 3 heterocycles. The molecular formula is C17H20N6O2. The van der Waals surface area contributed by atoms with Gasteiger partial charge in [0.1, 0.15) is 12.2 Å². The Morgan fingerprint density at radius 1 is 1.28 bits per heavy atom. The second kappa shape index (κ2) is 6.73. The van der Waals surface area contributed by atoms with E-state index in [-0.39, 0.29) is 12.1 Å². The summed E-state index contributed by atoms with van der Waals surface area (Å²) in [5, 5.41) is 12.4. The number of ether oxygens (including phenoxy) is 1. The third-order valence-electron chi connectivity index (χ3n) is 4.58. The van der Waals surface area contributed by atoms with Gasteiger partial charge in [-0.25, -0.2) is 0 Å². The lowest BCUT2D eigenvalue weighted by Gasteiger charge is -2.21. The van der Waals surface area contributed by atoms with E-state index in [1.165, 1.54) is 0 Å². The lowest BCUT2D eigenvalue weighted by molar-refractivity contribution is 0.106. The van der Waals surface area contributed by atoms with Crippen LogP contribution in [0.2, 0.25) is 0 Å². The predicted octanol–water partition coefficient (Wildman–Crippen LogP) is 1.83. The van der Waals surface area contributed by atoms with Crippen LogP contribution in [0.15, 0.2) is 41.2 Å². The smallest absolute Gasteiger partial charge is 0.257 e. The molecule has 0 radical (unpaired) electrons. The van der Waals surface area contributed by atoms with Gasteiger partial charge in [-0.2, -0.15) is 4.98 Å². The first-order valence-electron chi connectivity index (χ1n) is 8.23. The third-order valence-corrected chi connectivity index (χ3v) is 4.58. The van der Waals surface area contributed by atoms with E-state index in [1.807, 2.05) is 41.9 Å². The van der Waals surface area contributed by atoms with Crippen molar-refractivity contribution in [1.29, 1.82) is 0 Å². The van der Waals surface area contributed by atoms with Gasteiger partial charge in [0.05, 0.1) is 18.7 Å². The topological polar surface area (TPSA) is 82.1 Å². The lowest BCUT2D eigenvalue weighted by Crippen LogP contribution is -2.26. The van der Waals surface area contributed by atoms with Crippen LogP contribution in [0.25, 0.3) is 11.5 Å². The zero-order valence-corrected chi connectivity index (χ0v) is 14.2. The second-order valence-electron chi connectivity index (χ2n) is 6.22. The molecule has 2 atom stereocenters. The molecule has 0 unspecified atom stereocenters. The minimum atomic E-state index is 0.121. The van der Waals surface area contributed by atoms with Gasteiger partial charge >= 0.3 is 0 Å². The van der Waals surface area contributed by atoms with Gasteiger partial charge < -0.3 is 13.8 Å². The molecule has 25 heavy (non-hydrogen) atoms. The Morgan fingerprint density at radius 2 is 2.12 bits per heavy atom. The van der Waals surface area contributed by atoms with E-state index in [9.17, 15) is 0 Å². The third kappa shape index (κ3) is 3.18. The standard InChI is InChI=1S/C17H20N6O2/c1-22-11-18-20-16(22)14-8-13(24-2)9-23(14)10-15-19-17(25-21-15)12-6-4-3-5-7-12/h3-7,11,13-14H,8-10H2,1-2H3/t13-,14+/m1/s1. The first-order chi connectivity index (χ1) is 12.2. The number of rotatable bonds is 5. The number of hydrogen-bond acceptors (Lipinski definition) is 7. The van der Waals surface area contributed by atoms with E-state index in [0.29, 0.717) is 18.3 Å². The molecule has 4 rings (SSSR count). The van der Waals surface area contributed by atoms with Crippen LogP contribution in [0.4, 0.5) is 0 Å². The van der Waals surface area contributed by atoms with Crippen LogP contribution in [-0.2, 0) is 18.3 Å². The van der Waals surface area contributed by atoms with Crippen LogP contribution in [0.3, 0.4) is 0 Å². The summed E-state index contributed by atoms with van der Waals surface area (Å²) in [5.41, 5.74) is 0.919. The van der Waals surface area contributed by atoms with Crippen molar-refractivity contribution in [2.75, 3.05) is 13.7 Å². The highest BCUT2D eigenvalue weighted by molar-refractivity contribution is 5.51. The van der Waals surface area contributed by atoms with Crippen molar-refractivity contribution in [1.82, 2.24) is 29.8 Å². The monoisotopic (exact) mass is 340 g/mol. The van der Waals surface area contributed by atoms with Gasteiger partial charge in [0.25, 0.3) is 5.89 Å². The summed E-state index contributed by atoms with van der Waals surface area (Å²) in [4.78, 5) is 6.79. The fourth-order valence-corrected chi connectivity index (χ4v) is 3.27. The second-order valence-corrected chi connectivity index (χ2v) is 6.22. The number of methoxy groups -OCH3 is 1. The van der Waals surface area contributed by atoms with Crippen molar-refractivity contribution in [3.8, 4) is 11.5 Å². The van der Waals surface area contributed by atoms with E-state index >= 15 is 0 Å². The summed E-state index contributed by atoms with van der Waals surface area (Å²) < 4.78 is 12.9. The highest BCUT2D eigenvalue weighted by Crippen LogP contribution is 2.33. The van der Waals surface area contributed by atoms with Crippen molar-refractivity contribution in [3.05, 3.63) is 48.3 Å². The molecule has 130 valence electrons. The quantitative estimate of drug-likeness (QED) is 0.701. The first-order valence-corrected chi connectivity index (χ1v) is 8.23. The average Bonchev–Trinajstić information content (AvgIpc) is 3.36. The lowest BCUT2D eigenvalue weighted by atomic mass is 10.2. The molecule has 0 bridgehead atoms. The van der Waals surface area contributed by atoms with Gasteiger partial charge in [-0.05, 0) is 18.6 Å². The van der Waals surface area contributed by atoms with Gasteiger partial charge in [0.15, 0.2) is 5.82 Å². The van der Waals surface area contributed by atoms with Gasteiger partial charge in [-0.1, -0.05) is 23.4 Å².